The van der Waals surface area contributed by atoms with Gasteiger partial charge in [-0.2, -0.15) is 0 Å². The number of para-hydroxylation sites is 1. The molecule has 0 aliphatic carbocycles. The fraction of sp³-hybridized carbons (Fsp3) is 0.0435. The summed E-state index contributed by atoms with van der Waals surface area (Å²) in [5, 5.41) is 23.1. The number of halogens is 2. The average Bonchev–Trinajstić information content (AvgIpc) is 3.05. The summed E-state index contributed by atoms with van der Waals surface area (Å²) in [6, 6.07) is 15.0. The number of benzene rings is 3. The number of carbonyl (C=O) groups excluding carboxylic acids is 2. The fourth-order valence-corrected chi connectivity index (χ4v) is 3.77. The van der Waals surface area contributed by atoms with Crippen molar-refractivity contribution < 1.29 is 24.0 Å². The van der Waals surface area contributed by atoms with E-state index in [1.807, 2.05) is 0 Å². The van der Waals surface area contributed by atoms with E-state index in [1.165, 1.54) is 60.7 Å². The highest BCUT2D eigenvalue weighted by Gasteiger charge is 2.48. The number of hydrogen-bond acceptors (Lipinski definition) is 5. The Morgan fingerprint density at radius 1 is 1.00 bits per heavy atom. The summed E-state index contributed by atoms with van der Waals surface area (Å²) in [6.45, 7) is 0. The summed E-state index contributed by atoms with van der Waals surface area (Å²) in [5.74, 6) is -3.10. The molecule has 1 atom stereocenters. The van der Waals surface area contributed by atoms with E-state index in [1.54, 1.807) is 0 Å². The predicted octanol–water partition coefficient (Wildman–Crippen LogP) is 5.01. The van der Waals surface area contributed by atoms with Gasteiger partial charge in [0.2, 0.25) is 0 Å². The number of nitrogens with zero attached hydrogens (tertiary/aromatic N) is 2. The maximum absolute atomic E-state index is 13.5. The zero-order valence-corrected chi connectivity index (χ0v) is 17.0. The number of rotatable bonds is 4. The van der Waals surface area contributed by atoms with Crippen LogP contribution in [-0.4, -0.2) is 21.7 Å². The highest BCUT2D eigenvalue weighted by molar-refractivity contribution is 6.51. The van der Waals surface area contributed by atoms with Crippen LogP contribution in [0.5, 0.6) is 0 Å². The summed E-state index contributed by atoms with van der Waals surface area (Å²) in [4.78, 5) is 38.1. The van der Waals surface area contributed by atoms with Crippen molar-refractivity contribution >= 4 is 40.4 Å². The quantitative estimate of drug-likeness (QED) is 0.197. The van der Waals surface area contributed by atoms with E-state index in [9.17, 15) is 29.2 Å². The molecule has 1 fully saturated rings. The van der Waals surface area contributed by atoms with Gasteiger partial charge in [-0.15, -0.1) is 0 Å². The number of aliphatic hydroxyl groups excluding tert-OH is 1. The van der Waals surface area contributed by atoms with E-state index >= 15 is 0 Å². The van der Waals surface area contributed by atoms with Crippen molar-refractivity contribution in [3.63, 3.8) is 0 Å². The highest BCUT2D eigenvalue weighted by atomic mass is 35.5. The number of amides is 1. The Kier molecular flexibility index (Phi) is 5.46. The molecule has 7 nitrogen and oxygen atoms in total. The zero-order valence-electron chi connectivity index (χ0n) is 16.2. The molecule has 3 aromatic rings. The predicted molar refractivity (Wildman–Crippen MR) is 116 cm³/mol. The van der Waals surface area contributed by atoms with E-state index in [0.29, 0.717) is 5.02 Å². The molecular formula is C23H14ClFN2O5. The number of nitro benzene ring substituents is 1. The van der Waals surface area contributed by atoms with Crippen molar-refractivity contribution in [3.05, 3.63) is 110 Å². The normalized spacial score (nSPS) is 17.6. The largest absolute Gasteiger partial charge is 0.507 e. The topological polar surface area (TPSA) is 101 Å². The van der Waals surface area contributed by atoms with Gasteiger partial charge in [-0.1, -0.05) is 23.7 Å². The minimum absolute atomic E-state index is 0.0246. The van der Waals surface area contributed by atoms with Crippen LogP contribution >= 0.6 is 11.6 Å². The molecule has 9 heteroatoms. The standard InChI is InChI=1S/C23H14ClFN2O5/c24-14-7-5-13(6-8-14)21(28)19-20(17-3-1-2-4-18(17)27(31)32)26(23(30)22(19)29)16-11-9-15(25)10-12-16/h1-12,20,28H/b21-19+/t20-/m1/s1. The first-order valence-corrected chi connectivity index (χ1v) is 9.73. The number of Topliss-reactive ketones (excluding diaryl/α,β-unsaturated/α-hetero) is 1. The van der Waals surface area contributed by atoms with Crippen LogP contribution in [0, 0.1) is 15.9 Å². The number of hydrogen-bond donors (Lipinski definition) is 1. The van der Waals surface area contributed by atoms with Crippen LogP contribution in [0.25, 0.3) is 5.76 Å². The van der Waals surface area contributed by atoms with Crippen molar-refractivity contribution in [2.24, 2.45) is 0 Å². The van der Waals surface area contributed by atoms with E-state index in [2.05, 4.69) is 0 Å². The molecule has 0 radical (unpaired) electrons. The lowest BCUT2D eigenvalue weighted by molar-refractivity contribution is -0.385. The van der Waals surface area contributed by atoms with Crippen LogP contribution in [0.2, 0.25) is 5.02 Å². The molecule has 3 aromatic carbocycles. The van der Waals surface area contributed by atoms with Gasteiger partial charge in [0.1, 0.15) is 17.6 Å². The second kappa shape index (κ2) is 8.24. The fourth-order valence-electron chi connectivity index (χ4n) is 3.64. The first-order chi connectivity index (χ1) is 15.3. The van der Waals surface area contributed by atoms with Crippen LogP contribution in [0.3, 0.4) is 0 Å². The summed E-state index contributed by atoms with van der Waals surface area (Å²) in [7, 11) is 0. The average molecular weight is 453 g/mol. The third-order valence-corrected chi connectivity index (χ3v) is 5.35. The van der Waals surface area contributed by atoms with E-state index in [-0.39, 0.29) is 28.1 Å². The van der Waals surface area contributed by atoms with Gasteiger partial charge in [0.15, 0.2) is 0 Å². The van der Waals surface area contributed by atoms with Crippen LogP contribution in [0.4, 0.5) is 15.8 Å². The van der Waals surface area contributed by atoms with Gasteiger partial charge in [-0.25, -0.2) is 4.39 Å². The molecule has 4 rings (SSSR count). The molecule has 0 aromatic heterocycles. The van der Waals surface area contributed by atoms with E-state index in [4.69, 9.17) is 11.6 Å². The molecule has 160 valence electrons. The molecule has 1 amide bonds. The molecule has 0 spiro atoms. The summed E-state index contributed by atoms with van der Waals surface area (Å²) < 4.78 is 13.5. The summed E-state index contributed by atoms with van der Waals surface area (Å²) in [5.41, 5.74) is -0.289. The molecule has 1 N–H and O–H groups in total. The molecule has 32 heavy (non-hydrogen) atoms. The Balaban J connectivity index is 2.00. The molecule has 1 aliphatic heterocycles. The van der Waals surface area contributed by atoms with Crippen LogP contribution in [0.15, 0.2) is 78.4 Å². The Morgan fingerprint density at radius 2 is 1.62 bits per heavy atom. The van der Waals surface area contributed by atoms with Crippen molar-refractivity contribution in [2.75, 3.05) is 4.90 Å². The monoisotopic (exact) mass is 452 g/mol. The minimum atomic E-state index is -1.31. The lowest BCUT2D eigenvalue weighted by Gasteiger charge is -2.25. The van der Waals surface area contributed by atoms with Gasteiger partial charge < -0.3 is 5.11 Å². The second-order valence-electron chi connectivity index (χ2n) is 6.97. The van der Waals surface area contributed by atoms with Gasteiger partial charge in [-0.3, -0.25) is 24.6 Å². The number of carbonyl (C=O) groups is 2. The minimum Gasteiger partial charge on any atom is -0.507 e. The molecule has 0 saturated carbocycles. The Labute approximate surface area is 186 Å². The van der Waals surface area contributed by atoms with Crippen LogP contribution in [-0.2, 0) is 9.59 Å². The van der Waals surface area contributed by atoms with Gasteiger partial charge in [0.05, 0.1) is 16.1 Å². The maximum Gasteiger partial charge on any atom is 0.300 e. The van der Waals surface area contributed by atoms with E-state index in [0.717, 1.165) is 17.0 Å². The number of nitro groups is 1. The van der Waals surface area contributed by atoms with Crippen molar-refractivity contribution in [3.8, 4) is 0 Å². The van der Waals surface area contributed by atoms with Crippen molar-refractivity contribution in [2.45, 2.75) is 6.04 Å². The van der Waals surface area contributed by atoms with Crippen LogP contribution in [0.1, 0.15) is 17.2 Å². The highest BCUT2D eigenvalue weighted by Crippen LogP contribution is 2.44. The number of aliphatic hydroxyl groups is 1. The lowest BCUT2D eigenvalue weighted by atomic mass is 9.94. The van der Waals surface area contributed by atoms with Crippen molar-refractivity contribution in [1.29, 1.82) is 0 Å². The van der Waals surface area contributed by atoms with Crippen molar-refractivity contribution in [1.82, 2.24) is 0 Å². The Hall–Kier alpha value is -4.04. The Morgan fingerprint density at radius 3 is 2.25 bits per heavy atom. The molecule has 0 bridgehead atoms. The summed E-state index contributed by atoms with van der Waals surface area (Å²) in [6.07, 6.45) is 0. The molecule has 1 saturated heterocycles. The third kappa shape index (κ3) is 3.61. The summed E-state index contributed by atoms with van der Waals surface area (Å²) >= 11 is 5.89. The number of anilines is 1. The first-order valence-electron chi connectivity index (χ1n) is 9.35. The SMILES string of the molecule is O=C1C(=O)N(c2ccc(F)cc2)[C@H](c2ccccc2[N+](=O)[O-])/C1=C(\O)c1ccc(Cl)cc1. The van der Waals surface area contributed by atoms with Gasteiger partial charge in [-0.05, 0) is 54.6 Å². The second-order valence-corrected chi connectivity index (χ2v) is 7.40. The maximum atomic E-state index is 13.5. The smallest absolute Gasteiger partial charge is 0.300 e. The van der Waals surface area contributed by atoms with Gasteiger partial charge in [0, 0.05) is 22.3 Å². The third-order valence-electron chi connectivity index (χ3n) is 5.09. The molecule has 1 heterocycles. The van der Waals surface area contributed by atoms with E-state index < -0.39 is 34.2 Å². The van der Waals surface area contributed by atoms with Gasteiger partial charge >= 0.3 is 0 Å². The zero-order chi connectivity index (χ0) is 23.0. The molecule has 0 unspecified atom stereocenters. The number of ketones is 1. The lowest BCUT2D eigenvalue weighted by Crippen LogP contribution is -2.29. The first kappa shape index (κ1) is 21.2. The van der Waals surface area contributed by atoms with Gasteiger partial charge in [0.25, 0.3) is 17.4 Å². The molecular weight excluding hydrogens is 439 g/mol. The van der Waals surface area contributed by atoms with Crippen LogP contribution < -0.4 is 4.90 Å². The molecule has 1 aliphatic rings. The Bertz CT molecular complexity index is 1270.